The molecule has 5 heteroatoms. The lowest BCUT2D eigenvalue weighted by molar-refractivity contribution is 0.250. The number of hydrogen-bond acceptors (Lipinski definition) is 5. The number of unbranched alkanes of at least 4 members (excludes halogenated alkanes) is 1. The molecule has 0 atom stereocenters. The molecule has 0 N–H and O–H groups in total. The molecule has 2 aromatic rings. The topological polar surface area (TPSA) is 45.4 Å². The summed E-state index contributed by atoms with van der Waals surface area (Å²) in [5.41, 5.74) is 3.59. The summed E-state index contributed by atoms with van der Waals surface area (Å²) in [6.07, 6.45) is 7.13. The lowest BCUT2D eigenvalue weighted by Crippen LogP contribution is -2.40. The first-order valence-electron chi connectivity index (χ1n) is 7.51. The van der Waals surface area contributed by atoms with Crippen molar-refractivity contribution >= 4 is 5.69 Å². The van der Waals surface area contributed by atoms with Gasteiger partial charge in [0.2, 0.25) is 0 Å². The van der Waals surface area contributed by atoms with Crippen molar-refractivity contribution in [3.8, 4) is 0 Å². The molecule has 0 saturated carbocycles. The zero-order chi connectivity index (χ0) is 14.7. The Hall–Kier alpha value is -1.88. The van der Waals surface area contributed by atoms with Gasteiger partial charge in [-0.2, -0.15) is 0 Å². The Morgan fingerprint density at radius 3 is 3.05 bits per heavy atom. The molecule has 0 aliphatic carbocycles. The Kier molecular flexibility index (Phi) is 4.20. The molecule has 112 valence electrons. The number of aromatic nitrogens is 2. The van der Waals surface area contributed by atoms with E-state index in [9.17, 15) is 0 Å². The second-order valence-corrected chi connectivity index (χ2v) is 5.79. The van der Waals surface area contributed by atoms with Gasteiger partial charge in [-0.25, -0.2) is 0 Å². The number of nitrogens with zero attached hydrogens (tertiary/aromatic N) is 4. The first-order chi connectivity index (χ1) is 10.2. The van der Waals surface area contributed by atoms with Gasteiger partial charge in [0.05, 0.1) is 12.4 Å². The van der Waals surface area contributed by atoms with E-state index in [1.165, 1.54) is 17.7 Å². The second kappa shape index (κ2) is 6.26. The number of hydrogen-bond donors (Lipinski definition) is 0. The van der Waals surface area contributed by atoms with Gasteiger partial charge in [0.15, 0.2) is 0 Å². The van der Waals surface area contributed by atoms with Crippen LogP contribution in [0.15, 0.2) is 29.0 Å². The van der Waals surface area contributed by atoms with Crippen molar-refractivity contribution in [2.75, 3.05) is 25.2 Å². The summed E-state index contributed by atoms with van der Waals surface area (Å²) in [5, 5.41) is 3.92. The van der Waals surface area contributed by atoms with Crippen molar-refractivity contribution < 1.29 is 4.52 Å². The highest BCUT2D eigenvalue weighted by molar-refractivity contribution is 5.52. The molecule has 0 radical (unpaired) electrons. The maximum Gasteiger partial charge on any atom is 0.136 e. The monoisotopic (exact) mass is 286 g/mol. The van der Waals surface area contributed by atoms with Crippen LogP contribution in [0.1, 0.15) is 29.9 Å². The lowest BCUT2D eigenvalue weighted by Gasteiger charge is -2.35. The van der Waals surface area contributed by atoms with Gasteiger partial charge in [-0.05, 0) is 25.8 Å². The van der Waals surface area contributed by atoms with E-state index in [4.69, 9.17) is 4.52 Å². The third-order valence-corrected chi connectivity index (χ3v) is 3.92. The predicted octanol–water partition coefficient (Wildman–Crippen LogP) is 2.61. The summed E-state index contributed by atoms with van der Waals surface area (Å²) >= 11 is 0. The van der Waals surface area contributed by atoms with Crippen molar-refractivity contribution in [2.45, 2.75) is 32.7 Å². The first-order valence-corrected chi connectivity index (χ1v) is 7.51. The third-order valence-electron chi connectivity index (χ3n) is 3.92. The van der Waals surface area contributed by atoms with Crippen molar-refractivity contribution in [1.29, 1.82) is 0 Å². The SMILES string of the molecule is Cc1cc(CCCCN2Cc3cnccc3N(C)C2)on1. The van der Waals surface area contributed by atoms with Crippen LogP contribution in [0.3, 0.4) is 0 Å². The molecule has 0 amide bonds. The van der Waals surface area contributed by atoms with Crippen LogP contribution in [-0.4, -0.2) is 35.3 Å². The molecule has 2 aromatic heterocycles. The number of fused-ring (bicyclic) bond motifs is 1. The van der Waals surface area contributed by atoms with Crippen LogP contribution in [0.5, 0.6) is 0 Å². The fraction of sp³-hybridized carbons (Fsp3) is 0.500. The maximum atomic E-state index is 5.24. The Morgan fingerprint density at radius 1 is 1.33 bits per heavy atom. The molecular formula is C16H22N4O. The van der Waals surface area contributed by atoms with Gasteiger partial charge in [-0.15, -0.1) is 0 Å². The molecule has 0 bridgehead atoms. The van der Waals surface area contributed by atoms with E-state index in [-0.39, 0.29) is 0 Å². The number of anilines is 1. The number of pyridine rings is 1. The molecule has 0 saturated heterocycles. The Morgan fingerprint density at radius 2 is 2.24 bits per heavy atom. The number of aryl methyl sites for hydroxylation is 2. The largest absolute Gasteiger partial charge is 0.361 e. The quantitative estimate of drug-likeness (QED) is 0.791. The molecular weight excluding hydrogens is 264 g/mol. The summed E-state index contributed by atoms with van der Waals surface area (Å²) in [4.78, 5) is 8.99. The Bertz CT molecular complexity index is 595. The van der Waals surface area contributed by atoms with Crippen LogP contribution in [0.2, 0.25) is 0 Å². The van der Waals surface area contributed by atoms with Crippen LogP contribution in [0.25, 0.3) is 0 Å². The van der Waals surface area contributed by atoms with E-state index >= 15 is 0 Å². The van der Waals surface area contributed by atoms with E-state index in [0.717, 1.165) is 44.1 Å². The van der Waals surface area contributed by atoms with Gasteiger partial charge in [-0.1, -0.05) is 5.16 Å². The van der Waals surface area contributed by atoms with E-state index in [1.54, 1.807) is 0 Å². The Labute approximate surface area is 125 Å². The van der Waals surface area contributed by atoms with Gasteiger partial charge in [-0.3, -0.25) is 9.88 Å². The average molecular weight is 286 g/mol. The minimum atomic E-state index is 0.965. The molecule has 21 heavy (non-hydrogen) atoms. The average Bonchev–Trinajstić information content (AvgIpc) is 2.89. The predicted molar refractivity (Wildman–Crippen MR) is 82.1 cm³/mol. The Balaban J connectivity index is 1.46. The van der Waals surface area contributed by atoms with E-state index in [1.807, 2.05) is 25.4 Å². The summed E-state index contributed by atoms with van der Waals surface area (Å²) in [7, 11) is 2.14. The minimum Gasteiger partial charge on any atom is -0.361 e. The molecule has 1 aliphatic heterocycles. The van der Waals surface area contributed by atoms with Gasteiger partial charge < -0.3 is 9.42 Å². The van der Waals surface area contributed by atoms with Gasteiger partial charge >= 0.3 is 0 Å². The lowest BCUT2D eigenvalue weighted by atomic mass is 10.1. The molecule has 0 spiro atoms. The van der Waals surface area contributed by atoms with Gasteiger partial charge in [0, 0.05) is 56.3 Å². The van der Waals surface area contributed by atoms with Crippen LogP contribution in [0, 0.1) is 6.92 Å². The molecule has 0 fully saturated rings. The zero-order valence-electron chi connectivity index (χ0n) is 12.7. The second-order valence-electron chi connectivity index (χ2n) is 5.79. The number of rotatable bonds is 5. The fourth-order valence-electron chi connectivity index (χ4n) is 2.90. The van der Waals surface area contributed by atoms with Crippen LogP contribution in [-0.2, 0) is 13.0 Å². The van der Waals surface area contributed by atoms with Crippen LogP contribution >= 0.6 is 0 Å². The van der Waals surface area contributed by atoms with E-state index in [2.05, 4.69) is 33.1 Å². The van der Waals surface area contributed by atoms with Crippen molar-refractivity contribution in [2.24, 2.45) is 0 Å². The molecule has 0 aromatic carbocycles. The van der Waals surface area contributed by atoms with Gasteiger partial charge in [0.1, 0.15) is 5.76 Å². The summed E-state index contributed by atoms with van der Waals surface area (Å²) < 4.78 is 5.24. The fourth-order valence-corrected chi connectivity index (χ4v) is 2.90. The molecule has 0 unspecified atom stereocenters. The molecule has 3 rings (SSSR count). The normalized spacial score (nSPS) is 15.2. The summed E-state index contributed by atoms with van der Waals surface area (Å²) in [6.45, 7) is 5.04. The highest BCUT2D eigenvalue weighted by Gasteiger charge is 2.19. The minimum absolute atomic E-state index is 0.965. The standard InChI is InChI=1S/C16H22N4O/c1-13-9-15(21-18-13)5-3-4-8-20-11-14-10-17-7-6-16(14)19(2)12-20/h6-7,9-10H,3-5,8,11-12H2,1-2H3. The van der Waals surface area contributed by atoms with Crippen LogP contribution < -0.4 is 4.90 Å². The zero-order valence-corrected chi connectivity index (χ0v) is 12.7. The van der Waals surface area contributed by atoms with E-state index in [0.29, 0.717) is 0 Å². The third kappa shape index (κ3) is 3.42. The van der Waals surface area contributed by atoms with Crippen molar-refractivity contribution in [3.63, 3.8) is 0 Å². The van der Waals surface area contributed by atoms with E-state index < -0.39 is 0 Å². The summed E-state index contributed by atoms with van der Waals surface area (Å²) in [5.74, 6) is 0.998. The molecule has 3 heterocycles. The van der Waals surface area contributed by atoms with Crippen LogP contribution in [0.4, 0.5) is 5.69 Å². The molecule has 1 aliphatic rings. The first kappa shape index (κ1) is 14.1. The molecule has 5 nitrogen and oxygen atoms in total. The highest BCUT2D eigenvalue weighted by Crippen LogP contribution is 2.24. The van der Waals surface area contributed by atoms with Crippen molar-refractivity contribution in [1.82, 2.24) is 15.0 Å². The highest BCUT2D eigenvalue weighted by atomic mass is 16.5. The van der Waals surface area contributed by atoms with Crippen molar-refractivity contribution in [3.05, 3.63) is 41.5 Å². The summed E-state index contributed by atoms with van der Waals surface area (Å²) in [6, 6.07) is 4.12. The maximum absolute atomic E-state index is 5.24. The smallest absolute Gasteiger partial charge is 0.136 e. The van der Waals surface area contributed by atoms with Gasteiger partial charge in [0.25, 0.3) is 0 Å².